The topological polar surface area (TPSA) is 258 Å². The Morgan fingerprint density at radius 3 is 2.39 bits per heavy atom. The fourth-order valence-electron chi connectivity index (χ4n) is 5.00. The molecule has 5 rings (SSSR count). The first-order valence-electron chi connectivity index (χ1n) is 15.2. The number of urea groups is 1. The number of piperazine rings is 1. The van der Waals surface area contributed by atoms with Crippen LogP contribution in [0, 0.1) is 0 Å². The molecule has 22 heteroatoms. The molecule has 1 aromatic heterocycles. The van der Waals surface area contributed by atoms with Gasteiger partial charge in [-0.05, 0) is 47.5 Å². The Morgan fingerprint density at radius 1 is 1.16 bits per heavy atom. The fraction of sp³-hybridized carbons (Fsp3) is 0.448. The number of hydrogen-bond donors (Lipinski definition) is 5. The fourth-order valence-corrected chi connectivity index (χ4v) is 7.34. The number of aldehydes is 1. The van der Waals surface area contributed by atoms with Crippen molar-refractivity contribution >= 4 is 65.4 Å². The Balaban J connectivity index is 0.00000108. The number of aryl methyl sites for hydroxylation is 1. The summed E-state index contributed by atoms with van der Waals surface area (Å²) in [5.41, 5.74) is 0.536. The SMILES string of the molecule is CC(O)CC=O.CCN1CCN(C(=O)N[C@@H](C(=O)N[C@@H]2C(=O)N3C(C(=O)O)=C(CSc4nnnn4C)CS[C@H]23)c2ccc(O)cc2)C(=O)C1=O.[H-].[Na+]. The van der Waals surface area contributed by atoms with Crippen LogP contribution in [0.4, 0.5) is 4.79 Å². The molecule has 4 atom stereocenters. The predicted octanol–water partition coefficient (Wildman–Crippen LogP) is -4.04. The number of imide groups is 1. The van der Waals surface area contributed by atoms with E-state index in [4.69, 9.17) is 5.11 Å². The third kappa shape index (κ3) is 9.65. The van der Waals surface area contributed by atoms with Gasteiger partial charge in [0, 0.05) is 44.6 Å². The third-order valence-electron chi connectivity index (χ3n) is 7.63. The van der Waals surface area contributed by atoms with Gasteiger partial charge in [0.25, 0.3) is 5.91 Å². The van der Waals surface area contributed by atoms with Crippen LogP contribution < -0.4 is 40.2 Å². The number of aliphatic hydroxyl groups is 1. The van der Waals surface area contributed by atoms with Crippen molar-refractivity contribution in [1.82, 2.24) is 45.5 Å². The average molecular weight is 758 g/mol. The first-order chi connectivity index (χ1) is 23.8. The Kier molecular flexibility index (Phi) is 15.0. The van der Waals surface area contributed by atoms with Gasteiger partial charge in [-0.3, -0.25) is 29.0 Å². The smallest absolute Gasteiger partial charge is 1.00 e. The number of benzene rings is 1. The van der Waals surface area contributed by atoms with Crippen LogP contribution in [-0.4, -0.2) is 141 Å². The van der Waals surface area contributed by atoms with Crippen LogP contribution in [0.2, 0.25) is 0 Å². The molecule has 1 aromatic carbocycles. The average Bonchev–Trinajstić information content (AvgIpc) is 3.50. The van der Waals surface area contributed by atoms with E-state index in [1.165, 1.54) is 57.4 Å². The number of aliphatic hydroxyl groups excluding tert-OH is 1. The van der Waals surface area contributed by atoms with E-state index in [9.17, 15) is 43.8 Å². The number of β-lactam (4-membered cyclic amide) rings is 1. The molecule has 2 aromatic rings. The van der Waals surface area contributed by atoms with Crippen LogP contribution in [0.3, 0.4) is 0 Å². The molecule has 1 unspecified atom stereocenters. The molecule has 3 aliphatic heterocycles. The molecule has 270 valence electrons. The zero-order chi connectivity index (χ0) is 36.7. The molecular weight excluding hydrogens is 721 g/mol. The number of thioether (sulfide) groups is 2. The summed E-state index contributed by atoms with van der Waals surface area (Å²) in [6, 6.07) is 1.84. The maximum absolute atomic E-state index is 13.6. The van der Waals surface area contributed by atoms with Gasteiger partial charge >= 0.3 is 53.4 Å². The molecule has 0 bridgehead atoms. The minimum absolute atomic E-state index is 0. The number of phenolic OH excluding ortho intramolecular Hbond substituents is 1. The van der Waals surface area contributed by atoms with Crippen molar-refractivity contribution in [1.29, 1.82) is 0 Å². The molecule has 2 saturated heterocycles. The maximum atomic E-state index is 13.6. The number of carboxylic acids is 1. The molecule has 0 spiro atoms. The second-order valence-electron chi connectivity index (χ2n) is 11.1. The van der Waals surface area contributed by atoms with Gasteiger partial charge < -0.3 is 37.1 Å². The van der Waals surface area contributed by atoms with Crippen LogP contribution in [0.15, 0.2) is 40.7 Å². The summed E-state index contributed by atoms with van der Waals surface area (Å²) < 4.78 is 1.44. The Morgan fingerprint density at radius 2 is 1.84 bits per heavy atom. The minimum Gasteiger partial charge on any atom is -1.00 e. The molecule has 19 nitrogen and oxygen atoms in total. The molecule has 5 N–H and O–H groups in total. The first kappa shape index (κ1) is 41.4. The Labute approximate surface area is 323 Å². The summed E-state index contributed by atoms with van der Waals surface area (Å²) in [4.78, 5) is 89.6. The molecule has 51 heavy (non-hydrogen) atoms. The van der Waals surface area contributed by atoms with Crippen molar-refractivity contribution in [3.8, 4) is 5.75 Å². The van der Waals surface area contributed by atoms with E-state index in [0.29, 0.717) is 28.5 Å². The molecule has 4 heterocycles. The van der Waals surface area contributed by atoms with Gasteiger partial charge in [0.05, 0.1) is 6.10 Å². The number of nitrogens with zero attached hydrogens (tertiary/aromatic N) is 7. The van der Waals surface area contributed by atoms with E-state index in [0.717, 1.165) is 4.90 Å². The third-order valence-corrected chi connectivity index (χ3v) is 10.1. The molecule has 6 amide bonds. The van der Waals surface area contributed by atoms with Crippen molar-refractivity contribution < 1.29 is 79.9 Å². The van der Waals surface area contributed by atoms with E-state index in [2.05, 4.69) is 26.2 Å². The number of aromatic nitrogens is 4. The summed E-state index contributed by atoms with van der Waals surface area (Å²) in [6.07, 6.45) is 0.479. The summed E-state index contributed by atoms with van der Waals surface area (Å²) in [5, 5.41) is 44.0. The number of carbonyl (C=O) groups excluding carboxylic acids is 6. The number of carboxylic acid groups (broad SMARTS) is 1. The van der Waals surface area contributed by atoms with Gasteiger partial charge in [0.1, 0.15) is 35.2 Å². The van der Waals surface area contributed by atoms with Crippen LogP contribution in [0.25, 0.3) is 0 Å². The van der Waals surface area contributed by atoms with Crippen molar-refractivity contribution in [2.45, 2.75) is 49.0 Å². The number of carbonyl (C=O) groups is 7. The predicted molar refractivity (Wildman–Crippen MR) is 176 cm³/mol. The van der Waals surface area contributed by atoms with Crippen molar-refractivity contribution in [3.63, 3.8) is 0 Å². The number of aromatic hydroxyl groups is 1. The van der Waals surface area contributed by atoms with Gasteiger partial charge in [0.15, 0.2) is 0 Å². The Bertz CT molecular complexity index is 1700. The molecule has 3 aliphatic rings. The van der Waals surface area contributed by atoms with Gasteiger partial charge in [-0.25, -0.2) is 14.3 Å². The van der Waals surface area contributed by atoms with E-state index in [1.54, 1.807) is 20.9 Å². The number of rotatable bonds is 11. The van der Waals surface area contributed by atoms with Gasteiger partial charge in [-0.2, -0.15) is 0 Å². The van der Waals surface area contributed by atoms with Crippen molar-refractivity contribution in [2.24, 2.45) is 7.05 Å². The molecule has 2 fully saturated rings. The summed E-state index contributed by atoms with van der Waals surface area (Å²) >= 11 is 2.49. The van der Waals surface area contributed by atoms with Crippen molar-refractivity contribution in [2.75, 3.05) is 31.1 Å². The Hall–Kier alpha value is -4.02. The number of phenols is 1. The van der Waals surface area contributed by atoms with E-state index < -0.39 is 59.2 Å². The number of amides is 6. The maximum Gasteiger partial charge on any atom is 1.00 e. The molecule has 0 aliphatic carbocycles. The zero-order valence-electron chi connectivity index (χ0n) is 29.1. The number of fused-ring (bicyclic) bond motifs is 1. The number of likely N-dealkylation sites (N-methyl/N-ethyl adjacent to an activating group) is 1. The number of nitrogens with one attached hydrogen (secondary N) is 2. The van der Waals surface area contributed by atoms with E-state index in [-0.39, 0.29) is 79.0 Å². The van der Waals surface area contributed by atoms with Crippen LogP contribution in [-0.2, 0) is 35.8 Å². The van der Waals surface area contributed by atoms with Gasteiger partial charge in [-0.15, -0.1) is 16.9 Å². The number of tetrazole rings is 1. The van der Waals surface area contributed by atoms with E-state index in [1.807, 2.05) is 0 Å². The normalized spacial score (nSPS) is 19.5. The molecule has 0 radical (unpaired) electrons. The van der Waals surface area contributed by atoms with Gasteiger partial charge in [0.2, 0.25) is 11.1 Å². The summed E-state index contributed by atoms with van der Waals surface area (Å²) in [7, 11) is 1.64. The summed E-state index contributed by atoms with van der Waals surface area (Å²) in [5.74, 6) is -4.26. The van der Waals surface area contributed by atoms with Gasteiger partial charge in [-0.1, -0.05) is 23.9 Å². The largest absolute Gasteiger partial charge is 1.00 e. The van der Waals surface area contributed by atoms with Crippen LogP contribution in [0.1, 0.15) is 33.3 Å². The monoisotopic (exact) mass is 757 g/mol. The quantitative estimate of drug-likeness (QED) is 0.0481. The standard InChI is InChI=1S/C25H27N9O8S2.C4H8O2.Na.H/c1-3-32-8-9-33(21(39)20(32)38)24(42)27-15(12-4-6-14(35)7-5-12)18(36)26-16-19(37)34-17(23(40)41)13(10-43-22(16)34)11-44-25-28-29-30-31(25)2;1-4(6)2-3-5;;/h4-7,15-16,22,35H,3,8-11H2,1-2H3,(H,26,36)(H,27,42)(H,40,41);3-4,6H,2H2,1H3;;/q;;+1;-1/t15-,16-,22-;;;/m1.../s1. The van der Waals surface area contributed by atoms with Crippen LogP contribution >= 0.6 is 23.5 Å². The van der Waals surface area contributed by atoms with Crippen LogP contribution in [0.5, 0.6) is 5.75 Å². The zero-order valence-corrected chi connectivity index (χ0v) is 31.7. The first-order valence-corrected chi connectivity index (χ1v) is 17.2. The minimum atomic E-state index is -1.42. The number of hydrogen-bond acceptors (Lipinski definition) is 14. The van der Waals surface area contributed by atoms with E-state index >= 15 is 0 Å². The molecular formula is C29H36N9NaO10S2. The molecule has 0 saturated carbocycles. The number of aliphatic carboxylic acids is 1. The second-order valence-corrected chi connectivity index (χ2v) is 13.1. The van der Waals surface area contributed by atoms with Crippen molar-refractivity contribution in [3.05, 3.63) is 41.1 Å². The summed E-state index contributed by atoms with van der Waals surface area (Å²) in [6.45, 7) is 3.62. The second kappa shape index (κ2) is 18.5.